The van der Waals surface area contributed by atoms with E-state index >= 15 is 0 Å². The van der Waals surface area contributed by atoms with Crippen LogP contribution < -0.4 is 5.32 Å². The molecule has 0 aliphatic rings. The van der Waals surface area contributed by atoms with Gasteiger partial charge in [0, 0.05) is 12.3 Å². The fraction of sp³-hybridized carbons (Fsp3) is 0.857. The van der Waals surface area contributed by atoms with Gasteiger partial charge in [-0.1, -0.05) is 13.8 Å². The minimum Gasteiger partial charge on any atom is -0.323 e. The second-order valence-corrected chi connectivity index (χ2v) is 3.66. The lowest BCUT2D eigenvalue weighted by molar-refractivity contribution is 0.749. The van der Waals surface area contributed by atoms with Crippen molar-refractivity contribution in [1.82, 2.24) is 5.32 Å². The molecule has 0 aliphatic heterocycles. The number of nitrogens with zero attached hydrogens (tertiary/aromatic N) is 1. The fourth-order valence-electron chi connectivity index (χ4n) is 0.498. The third kappa shape index (κ3) is 7.64. The number of nitrogens with one attached hydrogen (secondary N) is 1. The van der Waals surface area contributed by atoms with Crippen LogP contribution in [0.2, 0.25) is 0 Å². The van der Waals surface area contributed by atoms with E-state index in [-0.39, 0.29) is 0 Å². The molecular formula is C7H14N2S. The highest BCUT2D eigenvalue weighted by molar-refractivity contribution is 7.99. The van der Waals surface area contributed by atoms with Gasteiger partial charge < -0.3 is 5.32 Å². The molecule has 0 atom stereocenters. The van der Waals surface area contributed by atoms with E-state index in [0.29, 0.717) is 0 Å². The fourth-order valence-corrected chi connectivity index (χ4v) is 1.38. The van der Waals surface area contributed by atoms with Crippen LogP contribution in [0.15, 0.2) is 0 Å². The van der Waals surface area contributed by atoms with Crippen molar-refractivity contribution < 1.29 is 0 Å². The summed E-state index contributed by atoms with van der Waals surface area (Å²) in [6, 6.07) is 0. The predicted molar refractivity (Wildman–Crippen MR) is 45.8 cm³/mol. The van der Waals surface area contributed by atoms with Crippen LogP contribution in [0.5, 0.6) is 0 Å². The first-order chi connectivity index (χ1) is 4.77. The molecular weight excluding hydrogens is 144 g/mol. The van der Waals surface area contributed by atoms with E-state index < -0.39 is 0 Å². The van der Waals surface area contributed by atoms with Gasteiger partial charge in [0.25, 0.3) is 0 Å². The predicted octanol–water partition coefficient (Wildman–Crippen LogP) is 1.45. The van der Waals surface area contributed by atoms with E-state index in [0.717, 1.165) is 18.2 Å². The molecule has 0 bridgehead atoms. The lowest BCUT2D eigenvalue weighted by Gasteiger charge is -2.02. The third-order valence-electron chi connectivity index (χ3n) is 0.902. The molecule has 10 heavy (non-hydrogen) atoms. The van der Waals surface area contributed by atoms with Crippen molar-refractivity contribution >= 4 is 11.8 Å². The molecule has 0 aromatic carbocycles. The molecule has 2 nitrogen and oxygen atoms in total. The first-order valence-electron chi connectivity index (χ1n) is 3.47. The van der Waals surface area contributed by atoms with Crippen LogP contribution >= 0.6 is 11.8 Å². The lowest BCUT2D eigenvalue weighted by Crippen LogP contribution is -2.10. The van der Waals surface area contributed by atoms with Crippen molar-refractivity contribution in [2.24, 2.45) is 5.92 Å². The zero-order valence-corrected chi connectivity index (χ0v) is 7.37. The van der Waals surface area contributed by atoms with Crippen LogP contribution in [0.25, 0.3) is 0 Å². The van der Waals surface area contributed by atoms with Gasteiger partial charge in [0.05, 0.1) is 0 Å². The van der Waals surface area contributed by atoms with Gasteiger partial charge in [-0.05, 0) is 11.7 Å². The van der Waals surface area contributed by atoms with Gasteiger partial charge in [-0.15, -0.1) is 0 Å². The van der Waals surface area contributed by atoms with Crippen molar-refractivity contribution in [3.63, 3.8) is 0 Å². The Kier molecular flexibility index (Phi) is 6.51. The molecule has 0 saturated heterocycles. The van der Waals surface area contributed by atoms with E-state index in [1.165, 1.54) is 5.75 Å². The Labute approximate surface area is 67.0 Å². The molecule has 0 saturated carbocycles. The van der Waals surface area contributed by atoms with Crippen LogP contribution in [0.1, 0.15) is 13.8 Å². The van der Waals surface area contributed by atoms with E-state index in [2.05, 4.69) is 19.2 Å². The van der Waals surface area contributed by atoms with Crippen molar-refractivity contribution in [3.8, 4) is 6.19 Å². The maximum Gasteiger partial charge on any atom is 0.176 e. The number of rotatable bonds is 5. The van der Waals surface area contributed by atoms with Gasteiger partial charge in [-0.2, -0.15) is 17.0 Å². The van der Waals surface area contributed by atoms with Crippen molar-refractivity contribution in [3.05, 3.63) is 0 Å². The zero-order chi connectivity index (χ0) is 7.82. The molecule has 0 unspecified atom stereocenters. The molecule has 0 amide bonds. The Morgan fingerprint density at radius 3 is 2.80 bits per heavy atom. The number of nitriles is 1. The van der Waals surface area contributed by atoms with Gasteiger partial charge in [0.1, 0.15) is 0 Å². The topological polar surface area (TPSA) is 35.8 Å². The van der Waals surface area contributed by atoms with E-state index in [1.807, 2.05) is 18.0 Å². The highest BCUT2D eigenvalue weighted by Crippen LogP contribution is 2.05. The van der Waals surface area contributed by atoms with E-state index in [9.17, 15) is 0 Å². The molecule has 0 rings (SSSR count). The minimum absolute atomic E-state index is 0.757. The highest BCUT2D eigenvalue weighted by Gasteiger charge is 1.92. The maximum atomic E-state index is 8.10. The van der Waals surface area contributed by atoms with Gasteiger partial charge in [-0.25, -0.2) is 0 Å². The molecule has 0 aromatic heterocycles. The molecule has 3 heteroatoms. The summed E-state index contributed by atoms with van der Waals surface area (Å²) in [7, 11) is 0. The minimum atomic E-state index is 0.757. The Hall–Kier alpha value is -0.360. The average Bonchev–Trinajstić information content (AvgIpc) is 1.87. The molecule has 0 aliphatic carbocycles. The van der Waals surface area contributed by atoms with Crippen LogP contribution in [0.4, 0.5) is 0 Å². The standard InChI is InChI=1S/C7H14N2S/c1-7(2)5-10-4-3-9-6-8/h7,9H,3-5H2,1-2H3. The summed E-state index contributed by atoms with van der Waals surface area (Å²) in [5.41, 5.74) is 0. The Balaban J connectivity index is 2.86. The molecule has 0 fully saturated rings. The molecule has 58 valence electrons. The molecule has 0 aromatic rings. The Bertz CT molecular complexity index is 107. The number of hydrogen-bond acceptors (Lipinski definition) is 3. The van der Waals surface area contributed by atoms with Crippen LogP contribution in [-0.4, -0.2) is 18.1 Å². The van der Waals surface area contributed by atoms with Gasteiger partial charge in [-0.3, -0.25) is 0 Å². The summed E-state index contributed by atoms with van der Waals surface area (Å²) in [5, 5.41) is 10.7. The highest BCUT2D eigenvalue weighted by atomic mass is 32.2. The summed E-state index contributed by atoms with van der Waals surface area (Å²) in [6.45, 7) is 5.20. The quantitative estimate of drug-likeness (QED) is 0.374. The summed E-state index contributed by atoms with van der Waals surface area (Å²) in [4.78, 5) is 0. The van der Waals surface area contributed by atoms with Gasteiger partial charge in [0.15, 0.2) is 6.19 Å². The SMILES string of the molecule is CC(C)CSCCNC#N. The first kappa shape index (κ1) is 9.64. The third-order valence-corrected chi connectivity index (χ3v) is 2.30. The van der Waals surface area contributed by atoms with Crippen LogP contribution in [0, 0.1) is 17.4 Å². The normalized spacial score (nSPS) is 9.40. The first-order valence-corrected chi connectivity index (χ1v) is 4.62. The summed E-state index contributed by atoms with van der Waals surface area (Å²) in [6.07, 6.45) is 1.89. The monoisotopic (exact) mass is 158 g/mol. The zero-order valence-electron chi connectivity index (χ0n) is 6.55. The smallest absolute Gasteiger partial charge is 0.176 e. The Morgan fingerprint density at radius 1 is 1.60 bits per heavy atom. The second-order valence-electron chi connectivity index (χ2n) is 2.51. The average molecular weight is 158 g/mol. The van der Waals surface area contributed by atoms with E-state index in [4.69, 9.17) is 5.26 Å². The summed E-state index contributed by atoms with van der Waals surface area (Å²) >= 11 is 1.89. The van der Waals surface area contributed by atoms with Crippen LogP contribution in [0.3, 0.4) is 0 Å². The van der Waals surface area contributed by atoms with Crippen molar-refractivity contribution in [1.29, 1.82) is 5.26 Å². The van der Waals surface area contributed by atoms with Gasteiger partial charge >= 0.3 is 0 Å². The van der Waals surface area contributed by atoms with Crippen molar-refractivity contribution in [2.45, 2.75) is 13.8 Å². The van der Waals surface area contributed by atoms with Crippen LogP contribution in [-0.2, 0) is 0 Å². The molecule has 0 radical (unpaired) electrons. The molecule has 0 heterocycles. The molecule has 1 N–H and O–H groups in total. The lowest BCUT2D eigenvalue weighted by atomic mass is 10.3. The Morgan fingerprint density at radius 2 is 2.30 bits per heavy atom. The summed E-state index contributed by atoms with van der Waals surface area (Å²) < 4.78 is 0. The second kappa shape index (κ2) is 6.76. The number of hydrogen-bond donors (Lipinski definition) is 1. The largest absolute Gasteiger partial charge is 0.323 e. The number of thioether (sulfide) groups is 1. The maximum absolute atomic E-state index is 8.10. The molecule has 0 spiro atoms. The van der Waals surface area contributed by atoms with E-state index in [1.54, 1.807) is 0 Å². The van der Waals surface area contributed by atoms with Gasteiger partial charge in [0.2, 0.25) is 0 Å². The van der Waals surface area contributed by atoms with Crippen molar-refractivity contribution in [2.75, 3.05) is 18.1 Å². The summed E-state index contributed by atoms with van der Waals surface area (Å²) in [5.74, 6) is 2.98.